The Bertz CT molecular complexity index is 1030. The Morgan fingerprint density at radius 3 is 2.76 bits per heavy atom. The molecule has 2 N–H and O–H groups in total. The van der Waals surface area contributed by atoms with Gasteiger partial charge in [-0.25, -0.2) is 4.98 Å². The minimum Gasteiger partial charge on any atom is -0.351 e. The lowest BCUT2D eigenvalue weighted by molar-refractivity contribution is -0.137. The summed E-state index contributed by atoms with van der Waals surface area (Å²) in [6, 6.07) is 10.00. The van der Waals surface area contributed by atoms with Crippen molar-refractivity contribution in [3.63, 3.8) is 0 Å². The van der Waals surface area contributed by atoms with Crippen LogP contribution in [0.25, 0.3) is 0 Å². The van der Waals surface area contributed by atoms with Gasteiger partial charge in [-0.2, -0.15) is 13.2 Å². The first-order valence-corrected chi connectivity index (χ1v) is 10.3. The Hall–Kier alpha value is -2.59. The number of carbonyl (C=O) groups excluding carboxylic acids is 1. The highest BCUT2D eigenvalue weighted by Gasteiger charge is 2.30. The molecular formula is C19H16F3N3O2S2. The van der Waals surface area contributed by atoms with Crippen LogP contribution in [0, 0.1) is 0 Å². The average Bonchev–Trinajstić information content (AvgIpc) is 3.17. The molecule has 152 valence electrons. The van der Waals surface area contributed by atoms with Crippen LogP contribution < -0.4 is 10.9 Å². The predicted molar refractivity (Wildman–Crippen MR) is 106 cm³/mol. The standard InChI is InChI=1S/C19H16F3N3O2S2/c20-19(21,22)13-4-1-3-12(7-13)11-29-18-24-14(9-17(27)25-18)8-16(26)23-10-15-5-2-6-28-15/h1-7,9H,8,10-11H2,(H,23,26)(H,24,25,27). The van der Waals surface area contributed by atoms with Crippen LogP contribution in [0.5, 0.6) is 0 Å². The van der Waals surface area contributed by atoms with Crippen LogP contribution >= 0.6 is 23.1 Å². The van der Waals surface area contributed by atoms with Gasteiger partial charge in [-0.1, -0.05) is 36.0 Å². The number of nitrogens with one attached hydrogen (secondary N) is 2. The minimum absolute atomic E-state index is 0.0631. The van der Waals surface area contributed by atoms with Crippen molar-refractivity contribution >= 4 is 29.0 Å². The molecule has 0 fully saturated rings. The average molecular weight is 439 g/mol. The number of hydrogen-bond donors (Lipinski definition) is 2. The zero-order valence-corrected chi connectivity index (χ0v) is 16.6. The number of aromatic amines is 1. The fourth-order valence-corrected chi connectivity index (χ4v) is 3.94. The molecule has 2 heterocycles. The Kier molecular flexibility index (Phi) is 6.75. The molecule has 0 aliphatic heterocycles. The van der Waals surface area contributed by atoms with Gasteiger partial charge in [0.2, 0.25) is 5.91 Å². The first kappa shape index (κ1) is 21.1. The zero-order valence-electron chi connectivity index (χ0n) is 15.0. The van der Waals surface area contributed by atoms with Crippen molar-refractivity contribution < 1.29 is 18.0 Å². The molecule has 3 aromatic rings. The van der Waals surface area contributed by atoms with Gasteiger partial charge >= 0.3 is 6.18 Å². The van der Waals surface area contributed by atoms with Gasteiger partial charge in [0.25, 0.3) is 5.56 Å². The number of aromatic nitrogens is 2. The van der Waals surface area contributed by atoms with Gasteiger partial charge in [-0.15, -0.1) is 11.3 Å². The van der Waals surface area contributed by atoms with Crippen LogP contribution in [0.4, 0.5) is 13.2 Å². The molecule has 0 spiro atoms. The third-order valence-corrected chi connectivity index (χ3v) is 5.61. The third-order valence-electron chi connectivity index (χ3n) is 3.78. The normalized spacial score (nSPS) is 11.4. The van der Waals surface area contributed by atoms with E-state index in [1.165, 1.54) is 23.5 Å². The molecule has 0 unspecified atom stereocenters. The number of alkyl halides is 3. The fraction of sp³-hybridized carbons (Fsp3) is 0.211. The van der Waals surface area contributed by atoms with E-state index in [-0.39, 0.29) is 23.2 Å². The van der Waals surface area contributed by atoms with Gasteiger partial charge < -0.3 is 10.3 Å². The smallest absolute Gasteiger partial charge is 0.351 e. The number of carbonyl (C=O) groups is 1. The van der Waals surface area contributed by atoms with E-state index >= 15 is 0 Å². The summed E-state index contributed by atoms with van der Waals surface area (Å²) in [7, 11) is 0. The van der Waals surface area contributed by atoms with E-state index in [1.54, 1.807) is 6.07 Å². The van der Waals surface area contributed by atoms with E-state index in [1.807, 2.05) is 17.5 Å². The summed E-state index contributed by atoms with van der Waals surface area (Å²) in [6.07, 6.45) is -4.48. The molecular weight excluding hydrogens is 423 g/mol. The van der Waals surface area contributed by atoms with Crippen molar-refractivity contribution in [2.45, 2.75) is 30.1 Å². The second-order valence-corrected chi connectivity index (χ2v) is 8.06. The monoisotopic (exact) mass is 439 g/mol. The molecule has 0 radical (unpaired) electrons. The Morgan fingerprint density at radius 1 is 1.21 bits per heavy atom. The van der Waals surface area contributed by atoms with Crippen molar-refractivity contribution in [1.29, 1.82) is 0 Å². The molecule has 5 nitrogen and oxygen atoms in total. The second-order valence-electron chi connectivity index (χ2n) is 6.06. The molecule has 10 heteroatoms. The molecule has 0 aliphatic carbocycles. The number of halogens is 3. The van der Waals surface area contributed by atoms with E-state index in [0.717, 1.165) is 28.8 Å². The fourth-order valence-electron chi connectivity index (χ4n) is 2.46. The zero-order chi connectivity index (χ0) is 20.9. The maximum absolute atomic E-state index is 12.8. The lowest BCUT2D eigenvalue weighted by Gasteiger charge is -2.09. The number of benzene rings is 1. The molecule has 1 amide bonds. The quantitative estimate of drug-likeness (QED) is 0.431. The lowest BCUT2D eigenvalue weighted by Crippen LogP contribution is -2.25. The largest absolute Gasteiger partial charge is 0.416 e. The van der Waals surface area contributed by atoms with Gasteiger partial charge in [-0.05, 0) is 23.1 Å². The molecule has 0 aliphatic rings. The summed E-state index contributed by atoms with van der Waals surface area (Å²) < 4.78 is 38.4. The predicted octanol–water partition coefficient (Wildman–Crippen LogP) is 4.00. The Balaban J connectivity index is 1.61. The van der Waals surface area contributed by atoms with E-state index < -0.39 is 17.3 Å². The highest BCUT2D eigenvalue weighted by molar-refractivity contribution is 7.98. The highest BCUT2D eigenvalue weighted by atomic mass is 32.2. The van der Waals surface area contributed by atoms with E-state index in [0.29, 0.717) is 17.8 Å². The van der Waals surface area contributed by atoms with Gasteiger partial charge in [0.15, 0.2) is 5.16 Å². The lowest BCUT2D eigenvalue weighted by atomic mass is 10.1. The minimum atomic E-state index is -4.41. The number of thioether (sulfide) groups is 1. The molecule has 29 heavy (non-hydrogen) atoms. The van der Waals surface area contributed by atoms with E-state index in [4.69, 9.17) is 0 Å². The second kappa shape index (κ2) is 9.27. The van der Waals surface area contributed by atoms with E-state index in [9.17, 15) is 22.8 Å². The van der Waals surface area contributed by atoms with Gasteiger partial charge in [0.1, 0.15) is 0 Å². The van der Waals surface area contributed by atoms with Gasteiger partial charge in [0, 0.05) is 16.7 Å². The summed E-state index contributed by atoms with van der Waals surface area (Å²) in [6.45, 7) is 0.400. The van der Waals surface area contributed by atoms with Crippen molar-refractivity contribution in [3.8, 4) is 0 Å². The highest BCUT2D eigenvalue weighted by Crippen LogP contribution is 2.30. The summed E-state index contributed by atoms with van der Waals surface area (Å²) in [5, 5.41) is 4.91. The molecule has 0 atom stereocenters. The van der Waals surface area contributed by atoms with Crippen LogP contribution in [0.15, 0.2) is 57.8 Å². The Labute approximate surface area is 172 Å². The maximum Gasteiger partial charge on any atom is 0.416 e. The summed E-state index contributed by atoms with van der Waals surface area (Å²) in [5.41, 5.74) is -0.406. The molecule has 0 bridgehead atoms. The summed E-state index contributed by atoms with van der Waals surface area (Å²) in [5.74, 6) is -0.0775. The van der Waals surface area contributed by atoms with Crippen LogP contribution in [-0.4, -0.2) is 15.9 Å². The first-order chi connectivity index (χ1) is 13.8. The van der Waals surface area contributed by atoms with Crippen LogP contribution in [-0.2, 0) is 29.7 Å². The molecule has 0 saturated heterocycles. The van der Waals surface area contributed by atoms with Crippen molar-refractivity contribution in [2.75, 3.05) is 0 Å². The molecule has 2 aromatic heterocycles. The van der Waals surface area contributed by atoms with Crippen LogP contribution in [0.2, 0.25) is 0 Å². The number of thiophene rings is 1. The first-order valence-electron chi connectivity index (χ1n) is 8.48. The van der Waals surface area contributed by atoms with Crippen molar-refractivity contribution in [3.05, 3.63) is 79.9 Å². The summed E-state index contributed by atoms with van der Waals surface area (Å²) in [4.78, 5) is 31.7. The van der Waals surface area contributed by atoms with Gasteiger partial charge in [0.05, 0.1) is 24.2 Å². The molecule has 3 rings (SSSR count). The molecule has 1 aromatic carbocycles. The van der Waals surface area contributed by atoms with E-state index in [2.05, 4.69) is 15.3 Å². The maximum atomic E-state index is 12.8. The van der Waals surface area contributed by atoms with Crippen LogP contribution in [0.1, 0.15) is 21.7 Å². The Morgan fingerprint density at radius 2 is 2.03 bits per heavy atom. The SMILES string of the molecule is O=C(Cc1cc(=O)[nH]c(SCc2cccc(C(F)(F)F)c2)n1)NCc1cccs1. The van der Waals surface area contributed by atoms with Gasteiger partial charge in [-0.3, -0.25) is 9.59 Å². The summed E-state index contributed by atoms with van der Waals surface area (Å²) >= 11 is 2.62. The topological polar surface area (TPSA) is 74.8 Å². The van der Waals surface area contributed by atoms with Crippen molar-refractivity contribution in [1.82, 2.24) is 15.3 Å². The number of H-pyrrole nitrogens is 1. The number of nitrogens with zero attached hydrogens (tertiary/aromatic N) is 1. The number of amides is 1. The van der Waals surface area contributed by atoms with Crippen LogP contribution in [0.3, 0.4) is 0 Å². The molecule has 0 saturated carbocycles. The third kappa shape index (κ3) is 6.47. The number of rotatable bonds is 7. The van der Waals surface area contributed by atoms with Crippen molar-refractivity contribution in [2.24, 2.45) is 0 Å². The number of hydrogen-bond acceptors (Lipinski definition) is 5.